The Morgan fingerprint density at radius 1 is 0.806 bits per heavy atom. The Labute approximate surface area is 179 Å². The minimum atomic E-state index is 0.0629. The van der Waals surface area contributed by atoms with Crippen molar-refractivity contribution in [2.45, 2.75) is 24.1 Å². The predicted molar refractivity (Wildman–Crippen MR) is 126 cm³/mol. The van der Waals surface area contributed by atoms with Crippen LogP contribution in [0.15, 0.2) is 72.8 Å². The zero-order valence-corrected chi connectivity index (χ0v) is 16.9. The zero-order chi connectivity index (χ0) is 20.1. The average Bonchev–Trinajstić information content (AvgIpc) is 3.33. The minimum absolute atomic E-state index is 0.0629. The quantitative estimate of drug-likeness (QED) is 0.345. The molecule has 4 aliphatic rings. The smallest absolute Gasteiger partial charge is 0.106 e. The largest absolute Gasteiger partial charge is 0.378 e. The van der Waals surface area contributed by atoms with E-state index in [0.29, 0.717) is 12.0 Å². The molecule has 0 radical (unpaired) electrons. The van der Waals surface area contributed by atoms with Gasteiger partial charge < -0.3 is 20.4 Å². The molecule has 1 saturated heterocycles. The van der Waals surface area contributed by atoms with Gasteiger partial charge in [0.15, 0.2) is 0 Å². The molecule has 31 heavy (non-hydrogen) atoms. The summed E-state index contributed by atoms with van der Waals surface area (Å²) in [6, 6.07) is 18.3. The molecule has 3 N–H and O–H groups in total. The van der Waals surface area contributed by atoms with Gasteiger partial charge in [-0.3, -0.25) is 0 Å². The topological polar surface area (TPSA) is 49.1 Å². The Morgan fingerprint density at radius 3 is 2.65 bits per heavy atom. The number of aromatic amines is 1. The van der Waals surface area contributed by atoms with Crippen molar-refractivity contribution < 1.29 is 4.74 Å². The first kappa shape index (κ1) is 16.2. The van der Waals surface area contributed by atoms with E-state index in [4.69, 9.17) is 4.74 Å². The molecule has 0 amide bonds. The van der Waals surface area contributed by atoms with Crippen LogP contribution in [0.1, 0.15) is 23.1 Å². The van der Waals surface area contributed by atoms with Crippen molar-refractivity contribution in [3.63, 3.8) is 0 Å². The molecule has 4 atom stereocenters. The first-order valence-corrected chi connectivity index (χ1v) is 11.1. The van der Waals surface area contributed by atoms with Crippen LogP contribution in [0.2, 0.25) is 0 Å². The average molecular weight is 403 g/mol. The van der Waals surface area contributed by atoms with Gasteiger partial charge in [0, 0.05) is 55.8 Å². The Balaban J connectivity index is 1.46. The summed E-state index contributed by atoms with van der Waals surface area (Å²) in [5.74, 6) is 0.361. The number of hydrogen-bond acceptors (Lipinski definition) is 3. The molecule has 4 aromatic rings. The van der Waals surface area contributed by atoms with Gasteiger partial charge in [0.25, 0.3) is 0 Å². The molecular weight excluding hydrogens is 382 g/mol. The molecular formula is C27H21N3O. The summed E-state index contributed by atoms with van der Waals surface area (Å²) in [7, 11) is 0. The van der Waals surface area contributed by atoms with Crippen LogP contribution in [0.25, 0.3) is 32.9 Å². The molecule has 4 nitrogen and oxygen atoms in total. The van der Waals surface area contributed by atoms with Crippen molar-refractivity contribution >= 4 is 33.2 Å². The fourth-order valence-corrected chi connectivity index (χ4v) is 6.05. The van der Waals surface area contributed by atoms with Crippen molar-refractivity contribution in [2.24, 2.45) is 0 Å². The summed E-state index contributed by atoms with van der Waals surface area (Å²) in [4.78, 5) is 3.61. The lowest BCUT2D eigenvalue weighted by Gasteiger charge is -2.38. The summed E-state index contributed by atoms with van der Waals surface area (Å²) >= 11 is 0. The number of rotatable bonds is 0. The van der Waals surface area contributed by atoms with E-state index in [1.807, 2.05) is 0 Å². The van der Waals surface area contributed by atoms with Gasteiger partial charge in [-0.15, -0.1) is 0 Å². The lowest BCUT2D eigenvalue weighted by atomic mass is 9.86. The number of benzene rings is 3. The molecule has 4 heteroatoms. The third-order valence-electron chi connectivity index (χ3n) is 7.47. The molecule has 1 aliphatic carbocycles. The third kappa shape index (κ3) is 1.99. The summed E-state index contributed by atoms with van der Waals surface area (Å²) in [5, 5.41) is 10.2. The van der Waals surface area contributed by atoms with Gasteiger partial charge in [-0.05, 0) is 23.8 Å². The molecule has 4 unspecified atom stereocenters. The molecule has 8 rings (SSSR count). The van der Waals surface area contributed by atoms with Gasteiger partial charge in [0.1, 0.15) is 6.10 Å². The monoisotopic (exact) mass is 403 g/mol. The summed E-state index contributed by atoms with van der Waals surface area (Å²) in [6.45, 7) is 0.739. The van der Waals surface area contributed by atoms with Gasteiger partial charge in [-0.1, -0.05) is 54.6 Å². The number of ether oxygens (including phenoxy) is 1. The van der Waals surface area contributed by atoms with Crippen LogP contribution >= 0.6 is 0 Å². The van der Waals surface area contributed by atoms with Crippen LogP contribution < -0.4 is 10.6 Å². The van der Waals surface area contributed by atoms with Crippen LogP contribution in [0.3, 0.4) is 0 Å². The van der Waals surface area contributed by atoms with Crippen molar-refractivity contribution in [1.29, 1.82) is 0 Å². The van der Waals surface area contributed by atoms with Gasteiger partial charge >= 0.3 is 0 Å². The highest BCUT2D eigenvalue weighted by molar-refractivity contribution is 6.12. The Bertz CT molecular complexity index is 1480. The van der Waals surface area contributed by atoms with Crippen molar-refractivity contribution in [3.05, 3.63) is 84.0 Å². The van der Waals surface area contributed by atoms with E-state index in [9.17, 15) is 0 Å². The van der Waals surface area contributed by atoms with Crippen LogP contribution in [0.4, 0.5) is 11.4 Å². The van der Waals surface area contributed by atoms with E-state index in [2.05, 4.69) is 88.5 Å². The highest BCUT2D eigenvalue weighted by Gasteiger charge is 2.42. The van der Waals surface area contributed by atoms with Crippen molar-refractivity contribution in [2.75, 3.05) is 17.2 Å². The molecule has 0 bridgehead atoms. The van der Waals surface area contributed by atoms with Crippen molar-refractivity contribution in [3.8, 4) is 11.1 Å². The number of anilines is 2. The summed E-state index contributed by atoms with van der Waals surface area (Å²) in [6.07, 6.45) is 8.98. The van der Waals surface area contributed by atoms with Gasteiger partial charge in [-0.2, -0.15) is 0 Å². The third-order valence-corrected chi connectivity index (χ3v) is 7.47. The highest BCUT2D eigenvalue weighted by atomic mass is 16.5. The second kappa shape index (κ2) is 5.59. The van der Waals surface area contributed by atoms with E-state index in [0.717, 1.165) is 6.61 Å². The second-order valence-corrected chi connectivity index (χ2v) is 9.04. The van der Waals surface area contributed by atoms with Crippen LogP contribution in [-0.4, -0.2) is 23.7 Å². The Morgan fingerprint density at radius 2 is 1.71 bits per heavy atom. The van der Waals surface area contributed by atoms with Gasteiger partial charge in [-0.25, -0.2) is 0 Å². The summed E-state index contributed by atoms with van der Waals surface area (Å²) < 4.78 is 6.21. The SMILES string of the molecule is C1=CC2Nc3ccc4c(c3C2C=C1)NC1COC1c1c-4ccc2[nH]c3ccccc3c12. The maximum absolute atomic E-state index is 6.21. The first-order chi connectivity index (χ1) is 15.4. The summed E-state index contributed by atoms with van der Waals surface area (Å²) in [5.41, 5.74) is 10.2. The van der Waals surface area contributed by atoms with Crippen LogP contribution in [-0.2, 0) is 4.74 Å². The van der Waals surface area contributed by atoms with Crippen molar-refractivity contribution in [1.82, 2.24) is 4.98 Å². The predicted octanol–water partition coefficient (Wildman–Crippen LogP) is 5.86. The van der Waals surface area contributed by atoms with Gasteiger partial charge in [0.2, 0.25) is 0 Å². The standard InChI is InChI=1S/C27H21N3O/c1-3-7-18-16(5-1)23-20(28-18)11-9-14-15-10-12-21-24(17-6-2-4-8-19(17)29-21)26(15)30-22-13-31-27(22)25(14)23/h1-12,17,19,22,27-30H,13H2. The van der Waals surface area contributed by atoms with E-state index in [1.54, 1.807) is 0 Å². The molecule has 1 aromatic heterocycles. The minimum Gasteiger partial charge on any atom is -0.378 e. The van der Waals surface area contributed by atoms with Gasteiger partial charge in [0.05, 0.1) is 18.7 Å². The fourth-order valence-electron chi connectivity index (χ4n) is 6.05. The zero-order valence-electron chi connectivity index (χ0n) is 16.9. The van der Waals surface area contributed by atoms with E-state index in [-0.39, 0.29) is 12.1 Å². The molecule has 3 aliphatic heterocycles. The van der Waals surface area contributed by atoms with E-state index < -0.39 is 0 Å². The van der Waals surface area contributed by atoms with E-state index in [1.165, 1.54) is 55.4 Å². The molecule has 1 fully saturated rings. The molecule has 150 valence electrons. The molecule has 0 saturated carbocycles. The maximum Gasteiger partial charge on any atom is 0.106 e. The number of H-pyrrole nitrogens is 1. The number of allylic oxidation sites excluding steroid dienone is 2. The normalized spacial score (nSPS) is 26.7. The first-order valence-electron chi connectivity index (χ1n) is 11.1. The molecule has 3 aromatic carbocycles. The lowest BCUT2D eigenvalue weighted by molar-refractivity contribution is -0.0651. The molecule has 0 spiro atoms. The number of aromatic nitrogens is 1. The second-order valence-electron chi connectivity index (χ2n) is 9.04. The maximum atomic E-state index is 6.21. The Kier molecular flexibility index (Phi) is 2.93. The molecule has 4 heterocycles. The van der Waals surface area contributed by atoms with Crippen LogP contribution in [0, 0.1) is 0 Å². The Hall–Kier alpha value is -3.50. The van der Waals surface area contributed by atoms with Crippen LogP contribution in [0.5, 0.6) is 0 Å². The highest BCUT2D eigenvalue weighted by Crippen LogP contribution is 2.53. The fraction of sp³-hybridized carbons (Fsp3) is 0.185. The number of fused-ring (bicyclic) bond motifs is 13. The number of nitrogens with one attached hydrogen (secondary N) is 3. The lowest BCUT2D eigenvalue weighted by Crippen LogP contribution is -2.43. The van der Waals surface area contributed by atoms with E-state index >= 15 is 0 Å². The number of hydrogen-bond donors (Lipinski definition) is 3. The number of para-hydroxylation sites is 1.